The van der Waals surface area contributed by atoms with Crippen molar-refractivity contribution in [2.75, 3.05) is 39.6 Å². The molecule has 564 valence electrons. The molecule has 0 spiro atoms. The van der Waals surface area contributed by atoms with E-state index in [9.17, 15) is 43.2 Å². The third kappa shape index (κ3) is 67.6. The molecule has 0 aliphatic heterocycles. The Bertz CT molecular complexity index is 1870. The van der Waals surface area contributed by atoms with Crippen LogP contribution in [0.25, 0.3) is 0 Å². The standard InChI is InChI=1S/C76H148O17P2/c1-9-68(7)54-46-38-30-26-27-31-40-48-56-73(78)86-62-71(92-75(80)58-50-42-32-24-20-18-16-14-12-11-13-15-17-19-22-28-36-44-52-66(3)4)64-90-94(82,83)88-60-70(77)61-89-95(84,85)91-65-72(63-87-74(79)57-49-41-35-34-39-47-55-69(8)10-2)93-76(81)59-51-43-33-25-21-23-29-37-45-53-67(5)6/h66-72,77H,9-65H2,1-8H3,(H,82,83)(H,84,85)/t68?,69?,70-,71-,72-/m1/s1. The van der Waals surface area contributed by atoms with Crippen LogP contribution >= 0.6 is 15.6 Å². The fraction of sp³-hybridized carbons (Fsp3) is 0.947. The van der Waals surface area contributed by atoms with Gasteiger partial charge in [0.25, 0.3) is 0 Å². The second-order valence-corrected chi connectivity index (χ2v) is 31.7. The van der Waals surface area contributed by atoms with Crippen LogP contribution in [0.3, 0.4) is 0 Å². The van der Waals surface area contributed by atoms with Crippen molar-refractivity contribution in [2.24, 2.45) is 23.7 Å². The normalized spacial score (nSPS) is 14.7. The van der Waals surface area contributed by atoms with Crippen LogP contribution in [0.2, 0.25) is 0 Å². The first-order chi connectivity index (χ1) is 45.7. The van der Waals surface area contributed by atoms with Crippen LogP contribution in [-0.2, 0) is 65.4 Å². The maximum atomic E-state index is 13.1. The van der Waals surface area contributed by atoms with Crippen LogP contribution < -0.4 is 0 Å². The van der Waals surface area contributed by atoms with E-state index < -0.39 is 97.5 Å². The SMILES string of the molecule is CCC(C)CCCCCCCCCCC(=O)OC[C@H](COP(=O)(O)OC[C@@H](O)COP(=O)(O)OC[C@@H](COC(=O)CCCCCCCCC(C)CC)OC(=O)CCCCCCCCCCCC(C)C)OC(=O)CCCCCCCCCCCCCCCCCCCCC(C)C. The molecule has 0 aromatic carbocycles. The molecule has 95 heavy (non-hydrogen) atoms. The van der Waals surface area contributed by atoms with Gasteiger partial charge in [0.1, 0.15) is 19.3 Å². The number of carbonyl (C=O) groups is 4. The average Bonchev–Trinajstić information content (AvgIpc) is 1.57. The monoisotopic (exact) mass is 1400 g/mol. The third-order valence-electron chi connectivity index (χ3n) is 18.3. The summed E-state index contributed by atoms with van der Waals surface area (Å²) in [5, 5.41) is 10.6. The van der Waals surface area contributed by atoms with Crippen LogP contribution in [0.1, 0.15) is 383 Å². The van der Waals surface area contributed by atoms with E-state index in [4.69, 9.17) is 37.0 Å². The molecule has 0 amide bonds. The summed E-state index contributed by atoms with van der Waals surface area (Å²) >= 11 is 0. The summed E-state index contributed by atoms with van der Waals surface area (Å²) < 4.78 is 68.5. The van der Waals surface area contributed by atoms with Gasteiger partial charge in [0, 0.05) is 25.7 Å². The van der Waals surface area contributed by atoms with Crippen molar-refractivity contribution in [1.29, 1.82) is 0 Å². The van der Waals surface area contributed by atoms with Gasteiger partial charge in [-0.25, -0.2) is 9.13 Å². The number of hydrogen-bond donors (Lipinski definition) is 3. The Morgan fingerprint density at radius 2 is 0.505 bits per heavy atom. The number of carbonyl (C=O) groups excluding carboxylic acids is 4. The van der Waals surface area contributed by atoms with Crippen LogP contribution in [0.4, 0.5) is 0 Å². The van der Waals surface area contributed by atoms with Gasteiger partial charge in [0.2, 0.25) is 0 Å². The van der Waals surface area contributed by atoms with E-state index in [1.165, 1.54) is 180 Å². The Hall–Kier alpha value is -1.94. The van der Waals surface area contributed by atoms with Crippen molar-refractivity contribution >= 4 is 39.5 Å². The maximum absolute atomic E-state index is 13.1. The summed E-state index contributed by atoms with van der Waals surface area (Å²) in [4.78, 5) is 72.8. The highest BCUT2D eigenvalue weighted by atomic mass is 31.2. The lowest BCUT2D eigenvalue weighted by atomic mass is 9.99. The number of ether oxygens (including phenoxy) is 4. The Morgan fingerprint density at radius 3 is 0.747 bits per heavy atom. The van der Waals surface area contributed by atoms with Gasteiger partial charge in [0.15, 0.2) is 12.2 Å². The first kappa shape index (κ1) is 93.1. The number of esters is 4. The molecule has 0 rings (SSSR count). The molecule has 0 saturated heterocycles. The molecular formula is C76H148O17P2. The minimum Gasteiger partial charge on any atom is -0.462 e. The third-order valence-corrected chi connectivity index (χ3v) is 20.2. The quantitative estimate of drug-likeness (QED) is 0.0222. The molecule has 0 radical (unpaired) electrons. The zero-order valence-electron chi connectivity index (χ0n) is 62.3. The number of rotatable bonds is 73. The fourth-order valence-electron chi connectivity index (χ4n) is 11.5. The lowest BCUT2D eigenvalue weighted by Crippen LogP contribution is -2.30. The molecule has 0 fully saturated rings. The average molecular weight is 1400 g/mol. The molecular weight excluding hydrogens is 1250 g/mol. The Morgan fingerprint density at radius 1 is 0.295 bits per heavy atom. The van der Waals surface area contributed by atoms with E-state index in [1.54, 1.807) is 0 Å². The first-order valence-corrected chi connectivity index (χ1v) is 42.3. The van der Waals surface area contributed by atoms with Crippen molar-refractivity contribution in [3.63, 3.8) is 0 Å². The van der Waals surface area contributed by atoms with Crippen LogP contribution in [0.15, 0.2) is 0 Å². The summed E-state index contributed by atoms with van der Waals surface area (Å²) in [6.45, 7) is 14.2. The van der Waals surface area contributed by atoms with Crippen LogP contribution in [0.5, 0.6) is 0 Å². The second kappa shape index (κ2) is 65.4. The smallest absolute Gasteiger partial charge is 0.462 e. The summed E-state index contributed by atoms with van der Waals surface area (Å²) in [5.74, 6) is 0.941. The number of aliphatic hydroxyl groups excluding tert-OH is 1. The predicted molar refractivity (Wildman–Crippen MR) is 386 cm³/mol. The summed E-state index contributed by atoms with van der Waals surface area (Å²) in [5.41, 5.74) is 0. The van der Waals surface area contributed by atoms with Gasteiger partial charge in [0.05, 0.1) is 26.4 Å². The molecule has 19 heteroatoms. The van der Waals surface area contributed by atoms with Crippen molar-refractivity contribution in [3.05, 3.63) is 0 Å². The van der Waals surface area contributed by atoms with Crippen molar-refractivity contribution in [3.8, 4) is 0 Å². The highest BCUT2D eigenvalue weighted by molar-refractivity contribution is 7.47. The van der Waals surface area contributed by atoms with E-state index in [1.807, 2.05) is 0 Å². The van der Waals surface area contributed by atoms with Gasteiger partial charge in [-0.15, -0.1) is 0 Å². The van der Waals surface area contributed by atoms with Gasteiger partial charge in [-0.1, -0.05) is 331 Å². The topological polar surface area (TPSA) is 237 Å². The van der Waals surface area contributed by atoms with E-state index in [0.717, 1.165) is 120 Å². The molecule has 0 aromatic heterocycles. The van der Waals surface area contributed by atoms with Gasteiger partial charge in [-0.3, -0.25) is 37.3 Å². The Balaban J connectivity index is 5.21. The highest BCUT2D eigenvalue weighted by Crippen LogP contribution is 2.45. The Kier molecular flexibility index (Phi) is 64.0. The van der Waals surface area contributed by atoms with E-state index >= 15 is 0 Å². The number of hydrogen-bond acceptors (Lipinski definition) is 15. The first-order valence-electron chi connectivity index (χ1n) is 39.3. The van der Waals surface area contributed by atoms with Crippen LogP contribution in [-0.4, -0.2) is 96.7 Å². The van der Waals surface area contributed by atoms with Gasteiger partial charge in [-0.05, 0) is 49.4 Å². The predicted octanol–water partition coefficient (Wildman–Crippen LogP) is 22.0. The van der Waals surface area contributed by atoms with Gasteiger partial charge in [-0.2, -0.15) is 0 Å². The zero-order chi connectivity index (χ0) is 70.3. The molecule has 3 N–H and O–H groups in total. The molecule has 0 aromatic rings. The molecule has 0 heterocycles. The largest absolute Gasteiger partial charge is 0.472 e. The summed E-state index contributed by atoms with van der Waals surface area (Å²) in [7, 11) is -9.91. The number of aliphatic hydroxyl groups is 1. The summed E-state index contributed by atoms with van der Waals surface area (Å²) in [6.07, 6.45) is 50.1. The Labute approximate surface area is 581 Å². The van der Waals surface area contributed by atoms with Crippen molar-refractivity contribution in [2.45, 2.75) is 401 Å². The van der Waals surface area contributed by atoms with E-state index in [0.29, 0.717) is 25.7 Å². The lowest BCUT2D eigenvalue weighted by molar-refractivity contribution is -0.161. The van der Waals surface area contributed by atoms with Gasteiger partial charge >= 0.3 is 39.5 Å². The molecule has 7 atom stereocenters. The fourth-order valence-corrected chi connectivity index (χ4v) is 13.1. The number of unbranched alkanes of at least 4 members (excludes halogenated alkanes) is 37. The minimum absolute atomic E-state index is 0.104. The molecule has 0 aliphatic carbocycles. The van der Waals surface area contributed by atoms with Crippen molar-refractivity contribution < 1.29 is 80.2 Å². The van der Waals surface area contributed by atoms with E-state index in [-0.39, 0.29) is 25.7 Å². The minimum atomic E-state index is -4.96. The highest BCUT2D eigenvalue weighted by Gasteiger charge is 2.30. The zero-order valence-corrected chi connectivity index (χ0v) is 64.1. The number of phosphoric ester groups is 2. The molecule has 4 unspecified atom stereocenters. The maximum Gasteiger partial charge on any atom is 0.472 e. The molecule has 17 nitrogen and oxygen atoms in total. The number of phosphoric acid groups is 2. The lowest BCUT2D eigenvalue weighted by Gasteiger charge is -2.21. The van der Waals surface area contributed by atoms with E-state index in [2.05, 4.69) is 55.4 Å². The molecule has 0 saturated carbocycles. The molecule has 0 aliphatic rings. The van der Waals surface area contributed by atoms with Gasteiger partial charge < -0.3 is 33.8 Å². The van der Waals surface area contributed by atoms with Crippen LogP contribution in [0, 0.1) is 23.7 Å². The summed E-state index contributed by atoms with van der Waals surface area (Å²) in [6, 6.07) is 0. The molecule has 0 bridgehead atoms. The second-order valence-electron chi connectivity index (χ2n) is 28.8. The van der Waals surface area contributed by atoms with Crippen molar-refractivity contribution in [1.82, 2.24) is 0 Å².